The van der Waals surface area contributed by atoms with Gasteiger partial charge >= 0.3 is 0 Å². The van der Waals surface area contributed by atoms with Gasteiger partial charge in [-0.1, -0.05) is 6.92 Å². The van der Waals surface area contributed by atoms with Crippen LogP contribution >= 0.6 is 0 Å². The van der Waals surface area contributed by atoms with E-state index in [-0.39, 0.29) is 11.5 Å². The Morgan fingerprint density at radius 2 is 2.03 bits per heavy atom. The molecule has 3 aromatic heterocycles. The van der Waals surface area contributed by atoms with E-state index in [0.717, 1.165) is 53.2 Å². The molecule has 2 atom stereocenters. The summed E-state index contributed by atoms with van der Waals surface area (Å²) in [6.07, 6.45) is 3.82. The van der Waals surface area contributed by atoms with Crippen molar-refractivity contribution in [3.63, 3.8) is 0 Å². The van der Waals surface area contributed by atoms with E-state index in [9.17, 15) is 9.59 Å². The lowest BCUT2D eigenvalue weighted by molar-refractivity contribution is -0.00852. The van der Waals surface area contributed by atoms with Crippen LogP contribution in [0.25, 0.3) is 11.0 Å². The lowest BCUT2D eigenvalue weighted by Gasteiger charge is -2.57. The van der Waals surface area contributed by atoms with Crippen molar-refractivity contribution in [2.45, 2.75) is 45.3 Å². The molecule has 0 aliphatic carbocycles. The van der Waals surface area contributed by atoms with Crippen LogP contribution in [-0.2, 0) is 13.0 Å². The maximum Gasteiger partial charge on any atom is 0.269 e. The fraction of sp³-hybridized carbons (Fsp3) is 0.417. The molecule has 8 nitrogen and oxygen atoms in total. The first-order valence-corrected chi connectivity index (χ1v) is 11.2. The van der Waals surface area contributed by atoms with Gasteiger partial charge in [-0.25, -0.2) is 4.98 Å². The summed E-state index contributed by atoms with van der Waals surface area (Å²) < 4.78 is 0. The molecule has 6 rings (SSSR count). The van der Waals surface area contributed by atoms with Crippen molar-refractivity contribution >= 4 is 22.6 Å². The molecule has 0 spiro atoms. The zero-order valence-corrected chi connectivity index (χ0v) is 18.7. The number of hydrogen-bond acceptors (Lipinski definition) is 6. The van der Waals surface area contributed by atoms with Gasteiger partial charge in [-0.15, -0.1) is 0 Å². The van der Waals surface area contributed by atoms with Gasteiger partial charge in [0.05, 0.1) is 22.4 Å². The Kier molecular flexibility index (Phi) is 5.17. The van der Waals surface area contributed by atoms with Gasteiger partial charge in [-0.05, 0) is 49.6 Å². The van der Waals surface area contributed by atoms with Crippen LogP contribution in [0, 0.1) is 6.92 Å². The monoisotopic (exact) mass is 432 g/mol. The Labute approximate surface area is 186 Å². The second-order valence-corrected chi connectivity index (χ2v) is 8.75. The zero-order chi connectivity index (χ0) is 22.4. The highest BCUT2D eigenvalue weighted by Crippen LogP contribution is 2.36. The first-order chi connectivity index (χ1) is 15.5. The molecule has 2 bridgehead atoms. The van der Waals surface area contributed by atoms with Gasteiger partial charge < -0.3 is 15.2 Å². The predicted octanol–water partition coefficient (Wildman–Crippen LogP) is 2.01. The van der Waals surface area contributed by atoms with Crippen molar-refractivity contribution in [3.8, 4) is 0 Å². The van der Waals surface area contributed by atoms with E-state index in [1.807, 2.05) is 32.2 Å². The maximum absolute atomic E-state index is 12.2. The highest BCUT2D eigenvalue weighted by molar-refractivity contribution is 5.92. The average Bonchev–Trinajstić information content (AvgIpc) is 2.81. The number of aromatic nitrogens is 3. The van der Waals surface area contributed by atoms with E-state index in [4.69, 9.17) is 0 Å². The van der Waals surface area contributed by atoms with E-state index in [1.165, 1.54) is 6.42 Å². The number of rotatable bonds is 5. The van der Waals surface area contributed by atoms with Gasteiger partial charge in [0, 0.05) is 50.5 Å². The summed E-state index contributed by atoms with van der Waals surface area (Å²) in [6, 6.07) is 8.70. The maximum atomic E-state index is 12.2. The van der Waals surface area contributed by atoms with Crippen LogP contribution in [0.2, 0.25) is 0 Å². The molecule has 166 valence electrons. The predicted molar refractivity (Wildman–Crippen MR) is 124 cm³/mol. The van der Waals surface area contributed by atoms with Gasteiger partial charge in [-0.3, -0.25) is 19.5 Å². The van der Waals surface area contributed by atoms with Crippen LogP contribution in [0.5, 0.6) is 0 Å². The summed E-state index contributed by atoms with van der Waals surface area (Å²) in [5, 5.41) is 2.62. The van der Waals surface area contributed by atoms with Crippen LogP contribution in [0.1, 0.15) is 40.7 Å². The standard InChI is InChI=1S/C24H28N6O2/c1-4-16-8-20-21(28-23(16)31)7-15(10-26-20)11-30-17-9-18(30)13-29(12-17)22-6-5-19(24(32)25-3)27-14(22)2/h5-8,10,17-18H,4,9,11-13H2,1-3H3,(H,25,32)(H,28,31). The summed E-state index contributed by atoms with van der Waals surface area (Å²) >= 11 is 0. The number of aryl methyl sites for hydroxylation is 2. The highest BCUT2D eigenvalue weighted by atomic mass is 16.1. The molecule has 3 aromatic rings. The largest absolute Gasteiger partial charge is 0.367 e. The number of carbonyl (C=O) groups is 1. The number of amides is 1. The molecular weight excluding hydrogens is 404 g/mol. The van der Waals surface area contributed by atoms with Gasteiger partial charge in [-0.2, -0.15) is 0 Å². The lowest BCUT2D eigenvalue weighted by atomic mass is 9.86. The van der Waals surface area contributed by atoms with E-state index < -0.39 is 0 Å². The van der Waals surface area contributed by atoms with E-state index in [2.05, 4.69) is 36.1 Å². The van der Waals surface area contributed by atoms with Crippen LogP contribution in [0.3, 0.4) is 0 Å². The first-order valence-electron chi connectivity index (χ1n) is 11.2. The fourth-order valence-corrected chi connectivity index (χ4v) is 5.01. The summed E-state index contributed by atoms with van der Waals surface area (Å²) in [7, 11) is 1.62. The average molecular weight is 433 g/mol. The second kappa shape index (κ2) is 8.02. The van der Waals surface area contributed by atoms with Crippen molar-refractivity contribution in [2.24, 2.45) is 0 Å². The lowest BCUT2D eigenvalue weighted by Crippen LogP contribution is -2.68. The summed E-state index contributed by atoms with van der Waals surface area (Å²) in [6.45, 7) is 6.65. The normalized spacial score (nSPS) is 20.3. The molecule has 2 unspecified atom stereocenters. The fourth-order valence-electron chi connectivity index (χ4n) is 5.01. The van der Waals surface area contributed by atoms with Crippen molar-refractivity contribution in [2.75, 3.05) is 25.0 Å². The molecule has 0 saturated carbocycles. The van der Waals surface area contributed by atoms with Crippen molar-refractivity contribution in [1.29, 1.82) is 0 Å². The molecule has 3 aliphatic rings. The number of aromatic amines is 1. The number of anilines is 1. The summed E-state index contributed by atoms with van der Waals surface area (Å²) in [5.74, 6) is -0.163. The number of H-pyrrole nitrogens is 1. The molecule has 3 saturated heterocycles. The number of hydrogen-bond donors (Lipinski definition) is 2. The van der Waals surface area contributed by atoms with Gasteiger partial charge in [0.15, 0.2) is 0 Å². The van der Waals surface area contributed by atoms with Crippen molar-refractivity contribution in [3.05, 3.63) is 63.3 Å². The Morgan fingerprint density at radius 3 is 2.72 bits per heavy atom. The number of piperazine rings is 1. The minimum Gasteiger partial charge on any atom is -0.367 e. The Morgan fingerprint density at radius 1 is 1.25 bits per heavy atom. The number of pyridine rings is 3. The van der Waals surface area contributed by atoms with E-state index in [1.54, 1.807) is 13.1 Å². The Bertz CT molecular complexity index is 1240. The van der Waals surface area contributed by atoms with Crippen molar-refractivity contribution in [1.82, 2.24) is 25.2 Å². The molecule has 3 fully saturated rings. The number of carbonyl (C=O) groups excluding carboxylic acids is 1. The third-order valence-electron chi connectivity index (χ3n) is 6.77. The third kappa shape index (κ3) is 3.54. The van der Waals surface area contributed by atoms with E-state index >= 15 is 0 Å². The molecule has 0 radical (unpaired) electrons. The minimum absolute atomic E-state index is 0.0261. The number of nitrogens with one attached hydrogen (secondary N) is 2. The molecule has 0 aromatic carbocycles. The molecule has 6 heterocycles. The van der Waals surface area contributed by atoms with Crippen molar-refractivity contribution < 1.29 is 4.79 Å². The van der Waals surface area contributed by atoms with E-state index in [0.29, 0.717) is 24.2 Å². The van der Waals surface area contributed by atoms with Crippen LogP contribution < -0.4 is 15.8 Å². The van der Waals surface area contributed by atoms with Gasteiger partial charge in [0.1, 0.15) is 5.69 Å². The molecule has 8 heteroatoms. The number of nitrogens with zero attached hydrogens (tertiary/aromatic N) is 4. The SMILES string of the molecule is CCc1cc2ncc(CN3C4CC3CN(c3ccc(C(=O)NC)nc3C)C4)cc2[nH]c1=O. The Hall–Kier alpha value is -3.26. The smallest absolute Gasteiger partial charge is 0.269 e. The molecular formula is C24H28N6O2. The minimum atomic E-state index is -0.163. The van der Waals surface area contributed by atoms with Gasteiger partial charge in [0.2, 0.25) is 0 Å². The molecule has 32 heavy (non-hydrogen) atoms. The quantitative estimate of drug-likeness (QED) is 0.641. The summed E-state index contributed by atoms with van der Waals surface area (Å²) in [5.41, 5.74) is 5.93. The highest BCUT2D eigenvalue weighted by Gasteiger charge is 2.44. The molecule has 3 aliphatic heterocycles. The number of piperidine rings is 1. The molecule has 2 N–H and O–H groups in total. The number of fused-ring (bicyclic) bond motifs is 3. The molecule has 1 amide bonds. The first kappa shape index (κ1) is 20.6. The van der Waals surface area contributed by atoms with Crippen LogP contribution in [0.15, 0.2) is 35.3 Å². The Balaban J connectivity index is 1.29. The topological polar surface area (TPSA) is 94.2 Å². The zero-order valence-electron chi connectivity index (χ0n) is 18.7. The second-order valence-electron chi connectivity index (χ2n) is 8.75. The van der Waals surface area contributed by atoms with Crippen LogP contribution in [-0.4, -0.2) is 58.0 Å². The third-order valence-corrected chi connectivity index (χ3v) is 6.77. The van der Waals surface area contributed by atoms with Gasteiger partial charge in [0.25, 0.3) is 11.5 Å². The van der Waals surface area contributed by atoms with Crippen LogP contribution in [0.4, 0.5) is 5.69 Å². The summed E-state index contributed by atoms with van der Waals surface area (Å²) in [4.78, 5) is 41.0.